The molecule has 0 aromatic heterocycles. The molecule has 0 bridgehead atoms. The number of ether oxygens (including phenoxy) is 2. The van der Waals surface area contributed by atoms with E-state index in [0.717, 1.165) is 36.9 Å². The summed E-state index contributed by atoms with van der Waals surface area (Å²) in [5.41, 5.74) is 7.94. The fraction of sp³-hybridized carbons (Fsp3) is 0.500. The van der Waals surface area contributed by atoms with Crippen molar-refractivity contribution in [2.75, 3.05) is 32.6 Å². The molecule has 35 heavy (non-hydrogen) atoms. The van der Waals surface area contributed by atoms with Crippen molar-refractivity contribution in [3.05, 3.63) is 53.6 Å². The molecule has 1 aliphatic rings. The molecule has 0 aliphatic heterocycles. The summed E-state index contributed by atoms with van der Waals surface area (Å²) in [5.74, 6) is 1.12. The highest BCUT2D eigenvalue weighted by molar-refractivity contribution is 5.95. The number of carbonyl (C=O) groups is 2. The van der Waals surface area contributed by atoms with Crippen LogP contribution in [-0.4, -0.2) is 44.0 Å². The summed E-state index contributed by atoms with van der Waals surface area (Å²) < 4.78 is 10.7. The van der Waals surface area contributed by atoms with Gasteiger partial charge in [0.25, 0.3) is 5.91 Å². The highest BCUT2D eigenvalue weighted by Gasteiger charge is 2.26. The van der Waals surface area contributed by atoms with Gasteiger partial charge in [-0.05, 0) is 60.7 Å². The molecule has 7 heteroatoms. The zero-order chi connectivity index (χ0) is 25.4. The summed E-state index contributed by atoms with van der Waals surface area (Å²) in [6, 6.07) is 12.9. The highest BCUT2D eigenvalue weighted by Crippen LogP contribution is 2.29. The van der Waals surface area contributed by atoms with E-state index in [4.69, 9.17) is 15.2 Å². The molecule has 0 heterocycles. The molecule has 3 N–H and O–H groups in total. The molecule has 0 atom stereocenters. The van der Waals surface area contributed by atoms with Gasteiger partial charge < -0.3 is 25.4 Å². The van der Waals surface area contributed by atoms with Crippen molar-refractivity contribution >= 4 is 17.5 Å². The second-order valence-electron chi connectivity index (χ2n) is 10.1. The highest BCUT2D eigenvalue weighted by atomic mass is 16.5. The molecule has 1 fully saturated rings. The summed E-state index contributed by atoms with van der Waals surface area (Å²) in [7, 11) is 3.12. The van der Waals surface area contributed by atoms with Crippen LogP contribution in [0.25, 0.3) is 0 Å². The minimum atomic E-state index is -0.265. The number of nitrogens with two attached hydrogens (primary N) is 1. The number of rotatable bonds is 10. The maximum atomic E-state index is 13.6. The van der Waals surface area contributed by atoms with Crippen molar-refractivity contribution < 1.29 is 19.1 Å². The van der Waals surface area contributed by atoms with Crippen molar-refractivity contribution in [2.45, 2.75) is 52.5 Å². The molecule has 0 unspecified atom stereocenters. The van der Waals surface area contributed by atoms with Crippen LogP contribution in [0.4, 0.5) is 5.69 Å². The van der Waals surface area contributed by atoms with Gasteiger partial charge in [0.05, 0.1) is 14.2 Å². The number of methoxy groups -OCH3 is 2. The summed E-state index contributed by atoms with van der Waals surface area (Å²) in [5, 5.41) is 3.08. The SMILES string of the molecule is COc1ccc(C(=O)N(Cc2cccc(NC(=O)C3CCCCC3)c2)CC(C)(C)CN)cc1OC. The van der Waals surface area contributed by atoms with Crippen LogP contribution in [0.3, 0.4) is 0 Å². The fourth-order valence-electron chi connectivity index (χ4n) is 4.51. The van der Waals surface area contributed by atoms with E-state index in [-0.39, 0.29) is 23.1 Å². The number of anilines is 1. The molecule has 0 spiro atoms. The van der Waals surface area contributed by atoms with Crippen LogP contribution in [-0.2, 0) is 11.3 Å². The monoisotopic (exact) mass is 481 g/mol. The normalized spacial score (nSPS) is 14.3. The number of hydrogen-bond donors (Lipinski definition) is 2. The smallest absolute Gasteiger partial charge is 0.254 e. The molecule has 2 aromatic carbocycles. The Hall–Kier alpha value is -3.06. The fourth-order valence-corrected chi connectivity index (χ4v) is 4.51. The van der Waals surface area contributed by atoms with E-state index in [2.05, 4.69) is 5.32 Å². The van der Waals surface area contributed by atoms with Crippen molar-refractivity contribution in [2.24, 2.45) is 17.1 Å². The molecule has 7 nitrogen and oxygen atoms in total. The van der Waals surface area contributed by atoms with Crippen molar-refractivity contribution in [1.29, 1.82) is 0 Å². The Bertz CT molecular complexity index is 1020. The van der Waals surface area contributed by atoms with E-state index in [1.807, 2.05) is 38.1 Å². The molecule has 0 saturated heterocycles. The quantitative estimate of drug-likeness (QED) is 0.506. The van der Waals surface area contributed by atoms with Gasteiger partial charge in [0, 0.05) is 30.3 Å². The van der Waals surface area contributed by atoms with Gasteiger partial charge in [-0.15, -0.1) is 0 Å². The third-order valence-corrected chi connectivity index (χ3v) is 6.63. The second kappa shape index (κ2) is 12.1. The average molecular weight is 482 g/mol. The van der Waals surface area contributed by atoms with Crippen LogP contribution in [0, 0.1) is 11.3 Å². The van der Waals surface area contributed by atoms with Crippen LogP contribution in [0.2, 0.25) is 0 Å². The molecule has 1 saturated carbocycles. The number of hydrogen-bond acceptors (Lipinski definition) is 5. The van der Waals surface area contributed by atoms with Gasteiger partial charge in [-0.2, -0.15) is 0 Å². The lowest BCUT2D eigenvalue weighted by molar-refractivity contribution is -0.120. The largest absolute Gasteiger partial charge is 0.493 e. The first-order valence-corrected chi connectivity index (χ1v) is 12.4. The number of nitrogens with one attached hydrogen (secondary N) is 1. The predicted octanol–water partition coefficient (Wildman–Crippen LogP) is 4.85. The van der Waals surface area contributed by atoms with Crippen molar-refractivity contribution in [1.82, 2.24) is 4.90 Å². The minimum absolute atomic E-state index is 0.0842. The predicted molar refractivity (Wildman–Crippen MR) is 139 cm³/mol. The lowest BCUT2D eigenvalue weighted by Crippen LogP contribution is -2.41. The topological polar surface area (TPSA) is 93.9 Å². The van der Waals surface area contributed by atoms with E-state index in [0.29, 0.717) is 36.7 Å². The molecule has 1 aliphatic carbocycles. The molecule has 3 rings (SSSR count). The maximum absolute atomic E-state index is 13.6. The Morgan fingerprint density at radius 2 is 1.74 bits per heavy atom. The molecular formula is C28H39N3O4. The van der Waals surface area contributed by atoms with E-state index in [1.54, 1.807) is 37.3 Å². The van der Waals surface area contributed by atoms with Crippen molar-refractivity contribution in [3.63, 3.8) is 0 Å². The molecular weight excluding hydrogens is 442 g/mol. The first kappa shape index (κ1) is 26.5. The number of amides is 2. The third-order valence-electron chi connectivity index (χ3n) is 6.63. The average Bonchev–Trinajstić information content (AvgIpc) is 2.88. The summed E-state index contributed by atoms with van der Waals surface area (Å²) in [4.78, 5) is 28.1. The molecule has 0 radical (unpaired) electrons. The van der Waals surface area contributed by atoms with E-state index in [9.17, 15) is 9.59 Å². The van der Waals surface area contributed by atoms with Crippen LogP contribution in [0.15, 0.2) is 42.5 Å². The Morgan fingerprint density at radius 1 is 1.03 bits per heavy atom. The van der Waals surface area contributed by atoms with E-state index < -0.39 is 0 Å². The number of carbonyl (C=O) groups excluding carboxylic acids is 2. The molecule has 2 aromatic rings. The zero-order valence-electron chi connectivity index (χ0n) is 21.4. The Kier molecular flexibility index (Phi) is 9.15. The molecule has 190 valence electrons. The van der Waals surface area contributed by atoms with Crippen LogP contribution in [0.1, 0.15) is 61.9 Å². The van der Waals surface area contributed by atoms with Gasteiger partial charge in [-0.25, -0.2) is 0 Å². The van der Waals surface area contributed by atoms with Gasteiger partial charge in [-0.1, -0.05) is 45.2 Å². The summed E-state index contributed by atoms with van der Waals surface area (Å²) >= 11 is 0. The van der Waals surface area contributed by atoms with Gasteiger partial charge in [-0.3, -0.25) is 9.59 Å². The standard InChI is InChI=1S/C28H39N3O4/c1-28(2,18-29)19-31(27(33)22-13-14-24(34-3)25(16-22)35-4)17-20-9-8-12-23(15-20)30-26(32)21-10-6-5-7-11-21/h8-9,12-16,21H,5-7,10-11,17-19,29H2,1-4H3,(H,30,32). The van der Waals surface area contributed by atoms with Gasteiger partial charge in [0.1, 0.15) is 0 Å². The number of benzene rings is 2. The minimum Gasteiger partial charge on any atom is -0.493 e. The van der Waals surface area contributed by atoms with Crippen LogP contribution in [0.5, 0.6) is 11.5 Å². The zero-order valence-corrected chi connectivity index (χ0v) is 21.4. The summed E-state index contributed by atoms with van der Waals surface area (Å²) in [6.45, 7) is 5.41. The van der Waals surface area contributed by atoms with Gasteiger partial charge in [0.15, 0.2) is 11.5 Å². The molecule has 2 amide bonds. The van der Waals surface area contributed by atoms with Gasteiger partial charge >= 0.3 is 0 Å². The Balaban J connectivity index is 1.81. The first-order chi connectivity index (χ1) is 16.8. The maximum Gasteiger partial charge on any atom is 0.254 e. The summed E-state index contributed by atoms with van der Waals surface area (Å²) in [6.07, 6.45) is 5.34. The van der Waals surface area contributed by atoms with E-state index >= 15 is 0 Å². The Morgan fingerprint density at radius 3 is 2.40 bits per heavy atom. The lowest BCUT2D eigenvalue weighted by Gasteiger charge is -2.32. The lowest BCUT2D eigenvalue weighted by atomic mass is 9.88. The van der Waals surface area contributed by atoms with Crippen molar-refractivity contribution in [3.8, 4) is 11.5 Å². The first-order valence-electron chi connectivity index (χ1n) is 12.4. The van der Waals surface area contributed by atoms with Crippen LogP contribution >= 0.6 is 0 Å². The van der Waals surface area contributed by atoms with Gasteiger partial charge in [0.2, 0.25) is 5.91 Å². The number of nitrogens with zero attached hydrogens (tertiary/aromatic N) is 1. The third kappa shape index (κ3) is 7.21. The second-order valence-corrected chi connectivity index (χ2v) is 10.1. The van der Waals surface area contributed by atoms with Crippen LogP contribution < -0.4 is 20.5 Å². The van der Waals surface area contributed by atoms with E-state index in [1.165, 1.54) is 6.42 Å². The Labute approximate surface area is 209 Å².